The smallest absolute Gasteiger partial charge is 0.341 e. The molecule has 0 saturated heterocycles. The van der Waals surface area contributed by atoms with Crippen molar-refractivity contribution in [1.29, 1.82) is 0 Å². The molecule has 150 valence electrons. The van der Waals surface area contributed by atoms with Gasteiger partial charge in [0.15, 0.2) is 5.16 Å². The van der Waals surface area contributed by atoms with Gasteiger partial charge in [-0.15, -0.1) is 23.5 Å². The van der Waals surface area contributed by atoms with Crippen LogP contribution in [0.3, 0.4) is 0 Å². The van der Waals surface area contributed by atoms with Gasteiger partial charge < -0.3 is 5.11 Å². The number of benzene rings is 2. The average Bonchev–Trinajstić information content (AvgIpc) is 2.72. The van der Waals surface area contributed by atoms with Gasteiger partial charge in [0.25, 0.3) is 0 Å². The number of hydrogen-bond acceptors (Lipinski definition) is 6. The molecule has 0 aliphatic rings. The maximum atomic E-state index is 13.1. The molecule has 0 unspecified atom stereocenters. The summed E-state index contributed by atoms with van der Waals surface area (Å²) in [5.41, 5.74) is 3.29. The van der Waals surface area contributed by atoms with Crippen molar-refractivity contribution in [1.82, 2.24) is 9.97 Å². The molecule has 29 heavy (non-hydrogen) atoms. The molecule has 3 rings (SSSR count). The Bertz CT molecular complexity index is 925. The van der Waals surface area contributed by atoms with Crippen LogP contribution >= 0.6 is 35.3 Å². The normalized spacial score (nSPS) is 10.9. The van der Waals surface area contributed by atoms with Crippen LogP contribution in [0.15, 0.2) is 63.7 Å². The van der Waals surface area contributed by atoms with Gasteiger partial charge in [-0.1, -0.05) is 53.7 Å². The number of carboxylic acids is 1. The molecule has 0 bridgehead atoms. The fraction of sp³-hybridized carbons (Fsp3) is 0.190. The van der Waals surface area contributed by atoms with Gasteiger partial charge in [0.2, 0.25) is 0 Å². The number of halogens is 1. The second kappa shape index (κ2) is 10.1. The fourth-order valence-electron chi connectivity index (χ4n) is 2.45. The largest absolute Gasteiger partial charge is 0.477 e. The van der Waals surface area contributed by atoms with E-state index in [-0.39, 0.29) is 11.4 Å². The van der Waals surface area contributed by atoms with Crippen LogP contribution in [-0.2, 0) is 11.5 Å². The first-order chi connectivity index (χ1) is 14.0. The van der Waals surface area contributed by atoms with E-state index in [0.29, 0.717) is 26.7 Å². The third-order valence-corrected chi connectivity index (χ3v) is 6.64. The maximum Gasteiger partial charge on any atom is 0.341 e. The Morgan fingerprint density at radius 3 is 1.86 bits per heavy atom. The molecular weight excluding hydrogens is 427 g/mol. The predicted molar refractivity (Wildman–Crippen MR) is 117 cm³/mol. The second-order valence-corrected chi connectivity index (χ2v) is 8.89. The van der Waals surface area contributed by atoms with Crippen molar-refractivity contribution >= 4 is 41.3 Å². The van der Waals surface area contributed by atoms with E-state index in [1.54, 1.807) is 12.1 Å². The Balaban J connectivity index is 1.86. The van der Waals surface area contributed by atoms with E-state index >= 15 is 0 Å². The second-order valence-electron chi connectivity index (χ2n) is 6.19. The summed E-state index contributed by atoms with van der Waals surface area (Å²) in [5.74, 6) is -0.238. The van der Waals surface area contributed by atoms with Gasteiger partial charge in [-0.3, -0.25) is 0 Å². The minimum absolute atomic E-state index is 0.118. The first-order valence-electron chi connectivity index (χ1n) is 8.71. The van der Waals surface area contributed by atoms with Crippen molar-refractivity contribution in [2.75, 3.05) is 6.26 Å². The lowest BCUT2D eigenvalue weighted by atomic mass is 10.2. The molecule has 0 aliphatic carbocycles. The zero-order valence-electron chi connectivity index (χ0n) is 15.9. The molecule has 0 saturated carbocycles. The van der Waals surface area contributed by atoms with Crippen molar-refractivity contribution < 1.29 is 14.3 Å². The van der Waals surface area contributed by atoms with E-state index in [9.17, 15) is 14.3 Å². The highest BCUT2D eigenvalue weighted by atomic mass is 32.2. The number of rotatable bonds is 8. The minimum atomic E-state index is -1.05. The Kier molecular flexibility index (Phi) is 7.57. The Morgan fingerprint density at radius 1 is 0.931 bits per heavy atom. The van der Waals surface area contributed by atoms with Crippen molar-refractivity contribution in [3.63, 3.8) is 0 Å². The Hall–Kier alpha value is -2.03. The van der Waals surface area contributed by atoms with Crippen LogP contribution < -0.4 is 0 Å². The Labute approximate surface area is 181 Å². The zero-order chi connectivity index (χ0) is 20.8. The highest BCUT2D eigenvalue weighted by Crippen LogP contribution is 2.34. The lowest BCUT2D eigenvalue weighted by Crippen LogP contribution is -2.07. The monoisotopic (exact) mass is 446 g/mol. The molecule has 1 heterocycles. The van der Waals surface area contributed by atoms with Crippen LogP contribution in [0, 0.1) is 12.7 Å². The van der Waals surface area contributed by atoms with E-state index in [1.807, 2.05) is 37.4 Å². The molecule has 0 aliphatic heterocycles. The van der Waals surface area contributed by atoms with Gasteiger partial charge in [0, 0.05) is 11.5 Å². The molecule has 1 aromatic heterocycles. The van der Waals surface area contributed by atoms with Gasteiger partial charge in [0.1, 0.15) is 21.4 Å². The van der Waals surface area contributed by atoms with Crippen molar-refractivity contribution in [3.8, 4) is 0 Å². The summed E-state index contributed by atoms with van der Waals surface area (Å²) in [5, 5.41) is 11.2. The molecular formula is C21H19FN2O2S3. The molecule has 2 aromatic carbocycles. The van der Waals surface area contributed by atoms with Gasteiger partial charge >= 0.3 is 5.97 Å². The van der Waals surface area contributed by atoms with Crippen LogP contribution in [-0.4, -0.2) is 27.3 Å². The molecule has 8 heteroatoms. The summed E-state index contributed by atoms with van der Waals surface area (Å²) in [4.78, 5) is 20.9. The van der Waals surface area contributed by atoms with E-state index in [4.69, 9.17) is 0 Å². The zero-order valence-corrected chi connectivity index (χ0v) is 18.3. The SMILES string of the molecule is CSc1nc(SCc2ccc(C)cc2)c(C(=O)O)c(SCc2ccc(F)cc2)n1. The topological polar surface area (TPSA) is 63.1 Å². The molecule has 4 nitrogen and oxygen atoms in total. The number of carbonyl (C=O) groups is 1. The molecule has 0 radical (unpaired) electrons. The predicted octanol–water partition coefficient (Wildman–Crippen LogP) is 5.93. The summed E-state index contributed by atoms with van der Waals surface area (Å²) in [6.07, 6.45) is 1.86. The first kappa shape index (κ1) is 21.7. The third-order valence-electron chi connectivity index (χ3n) is 4.00. The van der Waals surface area contributed by atoms with Gasteiger partial charge in [0.05, 0.1) is 0 Å². The van der Waals surface area contributed by atoms with Crippen LogP contribution in [0.25, 0.3) is 0 Å². The summed E-state index contributed by atoms with van der Waals surface area (Å²) in [6, 6.07) is 14.3. The highest BCUT2D eigenvalue weighted by Gasteiger charge is 2.21. The standard InChI is InChI=1S/C21H19FN2O2S3/c1-13-3-5-14(6-4-13)11-28-18-17(20(25)26)19(24-21(23-18)27-2)29-12-15-7-9-16(22)10-8-15/h3-10H,11-12H2,1-2H3,(H,25,26). The van der Waals surface area contributed by atoms with E-state index in [0.717, 1.165) is 11.1 Å². The van der Waals surface area contributed by atoms with Crippen LogP contribution in [0.1, 0.15) is 27.0 Å². The molecule has 0 amide bonds. The molecule has 0 atom stereocenters. The Morgan fingerprint density at radius 2 is 1.41 bits per heavy atom. The summed E-state index contributed by atoms with van der Waals surface area (Å²) in [6.45, 7) is 2.03. The van der Waals surface area contributed by atoms with E-state index < -0.39 is 5.97 Å². The van der Waals surface area contributed by atoms with Gasteiger partial charge in [-0.2, -0.15) is 0 Å². The van der Waals surface area contributed by atoms with Crippen LogP contribution in [0.5, 0.6) is 0 Å². The summed E-state index contributed by atoms with van der Waals surface area (Å²) >= 11 is 4.09. The highest BCUT2D eigenvalue weighted by molar-refractivity contribution is 7.99. The average molecular weight is 447 g/mol. The number of hydrogen-bond donors (Lipinski definition) is 1. The van der Waals surface area contributed by atoms with Gasteiger partial charge in [-0.25, -0.2) is 19.2 Å². The quantitative estimate of drug-likeness (QED) is 0.261. The number of aromatic nitrogens is 2. The number of nitrogens with zero attached hydrogens (tertiary/aromatic N) is 2. The summed E-state index contributed by atoms with van der Waals surface area (Å²) < 4.78 is 13.1. The molecule has 0 spiro atoms. The van der Waals surface area contributed by atoms with E-state index in [2.05, 4.69) is 9.97 Å². The number of carboxylic acid groups (broad SMARTS) is 1. The minimum Gasteiger partial charge on any atom is -0.477 e. The van der Waals surface area contributed by atoms with Crippen molar-refractivity contribution in [2.45, 2.75) is 33.6 Å². The summed E-state index contributed by atoms with van der Waals surface area (Å²) in [7, 11) is 0. The van der Waals surface area contributed by atoms with Crippen LogP contribution in [0.2, 0.25) is 0 Å². The van der Waals surface area contributed by atoms with Gasteiger partial charge in [-0.05, 0) is 36.4 Å². The lowest BCUT2D eigenvalue weighted by molar-refractivity contribution is 0.0686. The lowest BCUT2D eigenvalue weighted by Gasteiger charge is -2.12. The number of thioether (sulfide) groups is 3. The molecule has 3 aromatic rings. The first-order valence-corrected chi connectivity index (χ1v) is 11.9. The number of aromatic carboxylic acids is 1. The number of aryl methyl sites for hydroxylation is 1. The van der Waals surface area contributed by atoms with Crippen molar-refractivity contribution in [2.24, 2.45) is 0 Å². The van der Waals surface area contributed by atoms with Crippen LogP contribution in [0.4, 0.5) is 4.39 Å². The maximum absolute atomic E-state index is 13.1. The fourth-order valence-corrected chi connectivity index (χ4v) is 4.95. The van der Waals surface area contributed by atoms with E-state index in [1.165, 1.54) is 53.0 Å². The molecule has 0 fully saturated rings. The van der Waals surface area contributed by atoms with Crippen molar-refractivity contribution in [3.05, 3.63) is 76.6 Å². The molecule has 1 N–H and O–H groups in total. The third kappa shape index (κ3) is 5.98.